The summed E-state index contributed by atoms with van der Waals surface area (Å²) in [5.41, 5.74) is 3.18. The number of hydrogen-bond acceptors (Lipinski definition) is 2. The summed E-state index contributed by atoms with van der Waals surface area (Å²) < 4.78 is 5.25. The smallest absolute Gasteiger partial charge is 0.303 e. The Labute approximate surface area is 113 Å². The lowest BCUT2D eigenvalue weighted by Gasteiger charge is -2.15. The van der Waals surface area contributed by atoms with Gasteiger partial charge in [0.1, 0.15) is 5.75 Å². The number of hydrogen-bond donors (Lipinski definition) is 1. The first-order valence-electron chi connectivity index (χ1n) is 5.96. The number of alkyl halides is 1. The Hall–Kier alpha value is -1.22. The van der Waals surface area contributed by atoms with Gasteiger partial charge in [0.2, 0.25) is 0 Å². The molecule has 1 aromatic carbocycles. The molecule has 0 bridgehead atoms. The number of halogens is 1. The molecule has 3 nitrogen and oxygen atoms in total. The number of carbonyl (C=O) groups is 1. The molecule has 1 aromatic rings. The van der Waals surface area contributed by atoms with Crippen molar-refractivity contribution in [2.75, 3.05) is 7.11 Å². The third-order valence-electron chi connectivity index (χ3n) is 2.97. The normalized spacial score (nSPS) is 12.2. The molecule has 0 aromatic heterocycles. The predicted octanol–water partition coefficient (Wildman–Crippen LogP) is 3.85. The van der Waals surface area contributed by atoms with Crippen LogP contribution in [0.1, 0.15) is 41.3 Å². The number of aryl methyl sites for hydroxylation is 2. The van der Waals surface area contributed by atoms with Gasteiger partial charge in [-0.15, -0.1) is 11.6 Å². The highest BCUT2D eigenvalue weighted by Gasteiger charge is 2.13. The SMILES string of the molecule is COc1cc(C)c(C(Cl)CCCC(=O)O)cc1C. The Balaban J connectivity index is 2.76. The van der Waals surface area contributed by atoms with E-state index in [0.29, 0.717) is 12.8 Å². The number of benzene rings is 1. The zero-order chi connectivity index (χ0) is 13.7. The van der Waals surface area contributed by atoms with Gasteiger partial charge in [-0.1, -0.05) is 6.07 Å². The minimum atomic E-state index is -0.776. The fourth-order valence-corrected chi connectivity index (χ4v) is 2.35. The fourth-order valence-electron chi connectivity index (χ4n) is 1.96. The summed E-state index contributed by atoms with van der Waals surface area (Å²) in [5.74, 6) is 0.0761. The van der Waals surface area contributed by atoms with Crippen LogP contribution < -0.4 is 4.74 Å². The van der Waals surface area contributed by atoms with Crippen molar-refractivity contribution in [2.24, 2.45) is 0 Å². The van der Waals surface area contributed by atoms with Gasteiger partial charge in [-0.05, 0) is 49.4 Å². The minimum Gasteiger partial charge on any atom is -0.496 e. The van der Waals surface area contributed by atoms with Crippen LogP contribution in [0.25, 0.3) is 0 Å². The maximum Gasteiger partial charge on any atom is 0.303 e. The highest BCUT2D eigenvalue weighted by Crippen LogP contribution is 2.32. The Morgan fingerprint density at radius 1 is 1.39 bits per heavy atom. The van der Waals surface area contributed by atoms with Crippen LogP contribution in [0.5, 0.6) is 5.75 Å². The number of carboxylic acids is 1. The summed E-state index contributed by atoms with van der Waals surface area (Å²) in [5, 5.41) is 8.46. The molecule has 0 spiro atoms. The van der Waals surface area contributed by atoms with E-state index < -0.39 is 5.97 Å². The summed E-state index contributed by atoms with van der Waals surface area (Å²) >= 11 is 6.33. The molecule has 0 saturated heterocycles. The van der Waals surface area contributed by atoms with Gasteiger partial charge in [0.05, 0.1) is 12.5 Å². The maximum atomic E-state index is 10.5. The number of carboxylic acid groups (broad SMARTS) is 1. The lowest BCUT2D eigenvalue weighted by Crippen LogP contribution is -2.00. The second-order valence-electron chi connectivity index (χ2n) is 4.43. The summed E-state index contributed by atoms with van der Waals surface area (Å²) in [6, 6.07) is 3.99. The van der Waals surface area contributed by atoms with E-state index in [0.717, 1.165) is 22.4 Å². The monoisotopic (exact) mass is 270 g/mol. The molecule has 1 atom stereocenters. The average molecular weight is 271 g/mol. The van der Waals surface area contributed by atoms with Crippen molar-refractivity contribution < 1.29 is 14.6 Å². The zero-order valence-electron chi connectivity index (χ0n) is 11.0. The van der Waals surface area contributed by atoms with Crippen LogP contribution in [-0.4, -0.2) is 18.2 Å². The van der Waals surface area contributed by atoms with Gasteiger partial charge in [0.15, 0.2) is 0 Å². The fraction of sp³-hybridized carbons (Fsp3) is 0.500. The summed E-state index contributed by atoms with van der Waals surface area (Å²) in [4.78, 5) is 10.5. The first kappa shape index (κ1) is 14.8. The second kappa shape index (κ2) is 6.64. The number of aliphatic carboxylic acids is 1. The van der Waals surface area contributed by atoms with E-state index in [9.17, 15) is 4.79 Å². The maximum absolute atomic E-state index is 10.5. The van der Waals surface area contributed by atoms with Crippen LogP contribution in [0, 0.1) is 13.8 Å². The molecule has 1 rings (SSSR count). The molecule has 0 radical (unpaired) electrons. The van der Waals surface area contributed by atoms with E-state index in [2.05, 4.69) is 0 Å². The van der Waals surface area contributed by atoms with Crippen LogP contribution >= 0.6 is 11.6 Å². The molecule has 4 heteroatoms. The van der Waals surface area contributed by atoms with E-state index in [4.69, 9.17) is 21.4 Å². The topological polar surface area (TPSA) is 46.5 Å². The van der Waals surface area contributed by atoms with Gasteiger partial charge in [-0.2, -0.15) is 0 Å². The highest BCUT2D eigenvalue weighted by molar-refractivity contribution is 6.20. The summed E-state index contributed by atoms with van der Waals surface area (Å²) in [6.45, 7) is 3.96. The Morgan fingerprint density at radius 2 is 2.06 bits per heavy atom. The van der Waals surface area contributed by atoms with Crippen molar-refractivity contribution in [1.29, 1.82) is 0 Å². The van der Waals surface area contributed by atoms with Crippen LogP contribution in [-0.2, 0) is 4.79 Å². The number of ether oxygens (including phenoxy) is 1. The van der Waals surface area contributed by atoms with Gasteiger partial charge in [-0.25, -0.2) is 0 Å². The van der Waals surface area contributed by atoms with Crippen molar-refractivity contribution in [3.8, 4) is 5.75 Å². The summed E-state index contributed by atoms with van der Waals surface area (Å²) in [7, 11) is 1.65. The van der Waals surface area contributed by atoms with Crippen LogP contribution in [0.2, 0.25) is 0 Å². The standard InChI is InChI=1S/C14H19ClO3/c1-9-8-13(18-3)10(2)7-11(9)12(15)5-4-6-14(16)17/h7-8,12H,4-6H2,1-3H3,(H,16,17). The predicted molar refractivity (Wildman–Crippen MR) is 72.5 cm³/mol. The Kier molecular flexibility index (Phi) is 5.48. The van der Waals surface area contributed by atoms with Crippen molar-refractivity contribution >= 4 is 17.6 Å². The first-order valence-corrected chi connectivity index (χ1v) is 6.40. The van der Waals surface area contributed by atoms with Crippen molar-refractivity contribution in [3.63, 3.8) is 0 Å². The number of methoxy groups -OCH3 is 1. The van der Waals surface area contributed by atoms with Gasteiger partial charge in [-0.3, -0.25) is 4.79 Å². The molecular formula is C14H19ClO3. The lowest BCUT2D eigenvalue weighted by atomic mass is 9.99. The second-order valence-corrected chi connectivity index (χ2v) is 4.96. The number of rotatable bonds is 6. The molecule has 0 aliphatic heterocycles. The van der Waals surface area contributed by atoms with Gasteiger partial charge in [0.25, 0.3) is 0 Å². The van der Waals surface area contributed by atoms with Crippen molar-refractivity contribution in [1.82, 2.24) is 0 Å². The van der Waals surface area contributed by atoms with Crippen LogP contribution in [0.3, 0.4) is 0 Å². The molecule has 1 unspecified atom stereocenters. The third kappa shape index (κ3) is 3.91. The largest absolute Gasteiger partial charge is 0.496 e. The third-order valence-corrected chi connectivity index (χ3v) is 3.42. The lowest BCUT2D eigenvalue weighted by molar-refractivity contribution is -0.137. The average Bonchev–Trinajstić information content (AvgIpc) is 2.30. The quantitative estimate of drug-likeness (QED) is 0.799. The van der Waals surface area contributed by atoms with Crippen molar-refractivity contribution in [3.05, 3.63) is 28.8 Å². The molecule has 0 fully saturated rings. The van der Waals surface area contributed by atoms with Crippen LogP contribution in [0.15, 0.2) is 12.1 Å². The molecule has 0 aliphatic rings. The van der Waals surface area contributed by atoms with Gasteiger partial charge < -0.3 is 9.84 Å². The highest BCUT2D eigenvalue weighted by atomic mass is 35.5. The molecule has 100 valence electrons. The van der Waals surface area contributed by atoms with E-state index in [1.54, 1.807) is 7.11 Å². The molecule has 0 heterocycles. The minimum absolute atomic E-state index is 0.144. The van der Waals surface area contributed by atoms with E-state index in [-0.39, 0.29) is 11.8 Å². The van der Waals surface area contributed by atoms with Gasteiger partial charge in [0, 0.05) is 6.42 Å². The first-order chi connectivity index (χ1) is 8.45. The molecular weight excluding hydrogens is 252 g/mol. The van der Waals surface area contributed by atoms with E-state index in [1.165, 1.54) is 0 Å². The molecule has 1 N–H and O–H groups in total. The summed E-state index contributed by atoms with van der Waals surface area (Å²) in [6.07, 6.45) is 1.42. The molecule has 18 heavy (non-hydrogen) atoms. The van der Waals surface area contributed by atoms with Crippen molar-refractivity contribution in [2.45, 2.75) is 38.5 Å². The Morgan fingerprint density at radius 3 is 2.61 bits per heavy atom. The molecule has 0 amide bonds. The van der Waals surface area contributed by atoms with Gasteiger partial charge >= 0.3 is 5.97 Å². The van der Waals surface area contributed by atoms with E-state index >= 15 is 0 Å². The molecule has 0 aliphatic carbocycles. The zero-order valence-corrected chi connectivity index (χ0v) is 11.8. The van der Waals surface area contributed by atoms with Crippen LogP contribution in [0.4, 0.5) is 0 Å². The van der Waals surface area contributed by atoms with E-state index in [1.807, 2.05) is 26.0 Å². The Bertz CT molecular complexity index is 429. The molecule has 0 saturated carbocycles.